The minimum atomic E-state index is -3.32. The summed E-state index contributed by atoms with van der Waals surface area (Å²) in [6, 6.07) is -0.0295. The number of hydrogen-bond donors (Lipinski definition) is 1. The third-order valence-corrected chi connectivity index (χ3v) is 4.71. The van der Waals surface area contributed by atoms with Gasteiger partial charge in [-0.05, 0) is 18.8 Å². The van der Waals surface area contributed by atoms with Gasteiger partial charge in [-0.25, -0.2) is 8.42 Å². The van der Waals surface area contributed by atoms with E-state index in [4.69, 9.17) is 5.11 Å². The average molecular weight is 263 g/mol. The zero-order valence-corrected chi connectivity index (χ0v) is 11.2. The number of nitrogens with zero attached hydrogens (tertiary/aromatic N) is 1. The Morgan fingerprint density at radius 1 is 1.35 bits per heavy atom. The lowest BCUT2D eigenvalue weighted by molar-refractivity contribution is -0.137. The van der Waals surface area contributed by atoms with E-state index >= 15 is 0 Å². The molecule has 0 amide bonds. The predicted molar refractivity (Wildman–Crippen MR) is 65.2 cm³/mol. The van der Waals surface area contributed by atoms with Gasteiger partial charge in [0.05, 0.1) is 12.7 Å². The van der Waals surface area contributed by atoms with Crippen molar-refractivity contribution >= 4 is 16.0 Å². The highest BCUT2D eigenvalue weighted by molar-refractivity contribution is 7.88. The molecule has 0 bridgehead atoms. The average Bonchev–Trinajstić information content (AvgIpc) is 2.18. The predicted octanol–water partition coefficient (Wildman–Crippen LogP) is 1.30. The van der Waals surface area contributed by atoms with Crippen LogP contribution >= 0.6 is 0 Å². The number of sulfonamides is 1. The maximum Gasteiger partial charge on any atom is 0.304 e. The third-order valence-electron chi connectivity index (χ3n) is 3.41. The normalized spacial score (nSPS) is 26.1. The molecule has 1 aliphatic rings. The van der Waals surface area contributed by atoms with Crippen LogP contribution in [0.4, 0.5) is 0 Å². The van der Waals surface area contributed by atoms with Crippen molar-refractivity contribution in [3.8, 4) is 0 Å². The standard InChI is InChI=1S/C11H21NO4S/c1-9-5-3-4-6-10(9)12(17(2,15)16)8-7-11(13)14/h9-10H,3-8H2,1-2H3,(H,13,14). The second-order valence-electron chi connectivity index (χ2n) is 4.85. The molecule has 1 aliphatic carbocycles. The van der Waals surface area contributed by atoms with Crippen molar-refractivity contribution in [3.63, 3.8) is 0 Å². The van der Waals surface area contributed by atoms with Crippen molar-refractivity contribution < 1.29 is 18.3 Å². The summed E-state index contributed by atoms with van der Waals surface area (Å²) in [5.74, 6) is -0.644. The monoisotopic (exact) mass is 263 g/mol. The van der Waals surface area contributed by atoms with E-state index in [0.29, 0.717) is 5.92 Å². The first-order chi connectivity index (χ1) is 7.82. The van der Waals surface area contributed by atoms with Crippen molar-refractivity contribution in [2.75, 3.05) is 12.8 Å². The lowest BCUT2D eigenvalue weighted by atomic mass is 9.86. The second kappa shape index (κ2) is 5.82. The Morgan fingerprint density at radius 2 is 1.94 bits per heavy atom. The van der Waals surface area contributed by atoms with Crippen molar-refractivity contribution in [1.82, 2.24) is 4.31 Å². The first-order valence-electron chi connectivity index (χ1n) is 6.01. The van der Waals surface area contributed by atoms with E-state index in [1.165, 1.54) is 4.31 Å². The van der Waals surface area contributed by atoms with Crippen LogP contribution in [0, 0.1) is 5.92 Å². The first kappa shape index (κ1) is 14.4. The van der Waals surface area contributed by atoms with Crippen molar-refractivity contribution in [2.24, 2.45) is 5.92 Å². The van der Waals surface area contributed by atoms with Gasteiger partial charge in [0.1, 0.15) is 0 Å². The molecule has 0 aromatic carbocycles. The molecule has 2 atom stereocenters. The van der Waals surface area contributed by atoms with Crippen LogP contribution in [0.3, 0.4) is 0 Å². The fraction of sp³-hybridized carbons (Fsp3) is 0.909. The molecule has 2 unspecified atom stereocenters. The Balaban J connectivity index is 2.78. The summed E-state index contributed by atoms with van der Waals surface area (Å²) in [6.07, 6.45) is 5.05. The summed E-state index contributed by atoms with van der Waals surface area (Å²) in [7, 11) is -3.32. The Morgan fingerprint density at radius 3 is 2.41 bits per heavy atom. The van der Waals surface area contributed by atoms with E-state index in [2.05, 4.69) is 0 Å². The van der Waals surface area contributed by atoms with Crippen LogP contribution in [0.5, 0.6) is 0 Å². The minimum absolute atomic E-state index is 0.0295. The molecule has 1 fully saturated rings. The van der Waals surface area contributed by atoms with Gasteiger partial charge in [0.15, 0.2) is 0 Å². The van der Waals surface area contributed by atoms with E-state index in [1.807, 2.05) is 6.92 Å². The van der Waals surface area contributed by atoms with E-state index in [1.54, 1.807) is 0 Å². The molecular formula is C11H21NO4S. The van der Waals surface area contributed by atoms with Crippen molar-refractivity contribution in [1.29, 1.82) is 0 Å². The molecule has 17 heavy (non-hydrogen) atoms. The van der Waals surface area contributed by atoms with Crippen LogP contribution in [0.25, 0.3) is 0 Å². The summed E-state index contributed by atoms with van der Waals surface area (Å²) in [4.78, 5) is 10.6. The SMILES string of the molecule is CC1CCCCC1N(CCC(=O)O)S(C)(=O)=O. The van der Waals surface area contributed by atoms with Gasteiger partial charge in [0, 0.05) is 12.6 Å². The van der Waals surface area contributed by atoms with Crippen LogP contribution in [0.2, 0.25) is 0 Å². The largest absolute Gasteiger partial charge is 0.481 e. The van der Waals surface area contributed by atoms with Gasteiger partial charge in [-0.1, -0.05) is 19.8 Å². The van der Waals surface area contributed by atoms with Gasteiger partial charge in [-0.15, -0.1) is 0 Å². The summed E-state index contributed by atoms with van der Waals surface area (Å²) < 4.78 is 24.8. The molecule has 0 spiro atoms. The highest BCUT2D eigenvalue weighted by atomic mass is 32.2. The van der Waals surface area contributed by atoms with Crippen LogP contribution in [0.15, 0.2) is 0 Å². The highest BCUT2D eigenvalue weighted by Gasteiger charge is 2.32. The zero-order valence-electron chi connectivity index (χ0n) is 10.4. The van der Waals surface area contributed by atoms with Gasteiger partial charge < -0.3 is 5.11 Å². The molecular weight excluding hydrogens is 242 g/mol. The third kappa shape index (κ3) is 4.27. The number of rotatable bonds is 5. The van der Waals surface area contributed by atoms with E-state index in [9.17, 15) is 13.2 Å². The number of hydrogen-bond acceptors (Lipinski definition) is 3. The van der Waals surface area contributed by atoms with Crippen LogP contribution in [0.1, 0.15) is 39.0 Å². The molecule has 5 nitrogen and oxygen atoms in total. The number of carboxylic acid groups (broad SMARTS) is 1. The first-order valence-corrected chi connectivity index (χ1v) is 7.86. The summed E-state index contributed by atoms with van der Waals surface area (Å²) >= 11 is 0. The molecule has 0 aromatic rings. The Kier molecular flexibility index (Phi) is 4.94. The zero-order chi connectivity index (χ0) is 13.1. The Bertz CT molecular complexity index is 366. The lowest BCUT2D eigenvalue weighted by Gasteiger charge is -2.36. The number of carbonyl (C=O) groups is 1. The smallest absolute Gasteiger partial charge is 0.304 e. The molecule has 0 radical (unpaired) electrons. The second-order valence-corrected chi connectivity index (χ2v) is 6.78. The van der Waals surface area contributed by atoms with Gasteiger partial charge >= 0.3 is 5.97 Å². The van der Waals surface area contributed by atoms with Crippen LogP contribution in [-0.2, 0) is 14.8 Å². The van der Waals surface area contributed by atoms with Crippen molar-refractivity contribution in [3.05, 3.63) is 0 Å². The Hall–Kier alpha value is -0.620. The molecule has 1 N–H and O–H groups in total. The van der Waals surface area contributed by atoms with Crippen molar-refractivity contribution in [2.45, 2.75) is 45.1 Å². The quantitative estimate of drug-likeness (QED) is 0.811. The minimum Gasteiger partial charge on any atom is -0.481 e. The maximum absolute atomic E-state index is 11.7. The van der Waals surface area contributed by atoms with E-state index in [0.717, 1.165) is 31.9 Å². The molecule has 100 valence electrons. The fourth-order valence-corrected chi connectivity index (χ4v) is 3.74. The molecule has 6 heteroatoms. The fourth-order valence-electron chi connectivity index (χ4n) is 2.51. The number of aliphatic carboxylic acids is 1. The van der Waals surface area contributed by atoms with Gasteiger partial charge in [-0.3, -0.25) is 4.79 Å². The summed E-state index contributed by atoms with van der Waals surface area (Å²) in [6.45, 7) is 2.13. The number of carboxylic acids is 1. The highest BCUT2D eigenvalue weighted by Crippen LogP contribution is 2.29. The topological polar surface area (TPSA) is 74.7 Å². The maximum atomic E-state index is 11.7. The molecule has 1 rings (SSSR count). The lowest BCUT2D eigenvalue weighted by Crippen LogP contribution is -2.45. The molecule has 0 heterocycles. The van der Waals surface area contributed by atoms with Crippen LogP contribution in [-0.4, -0.2) is 42.6 Å². The van der Waals surface area contributed by atoms with E-state index in [-0.39, 0.29) is 19.0 Å². The molecule has 0 aromatic heterocycles. The summed E-state index contributed by atoms with van der Waals surface area (Å²) in [5.41, 5.74) is 0. The molecule has 0 aliphatic heterocycles. The van der Waals surface area contributed by atoms with Gasteiger partial charge in [0.2, 0.25) is 10.0 Å². The summed E-state index contributed by atoms with van der Waals surface area (Å²) in [5, 5.41) is 8.67. The molecule has 0 saturated heterocycles. The van der Waals surface area contributed by atoms with Gasteiger partial charge in [-0.2, -0.15) is 4.31 Å². The Labute approximate surface area is 103 Å². The van der Waals surface area contributed by atoms with E-state index < -0.39 is 16.0 Å². The molecule has 1 saturated carbocycles. The van der Waals surface area contributed by atoms with Crippen LogP contribution < -0.4 is 0 Å². The van der Waals surface area contributed by atoms with Gasteiger partial charge in [0.25, 0.3) is 0 Å².